The molecule has 35 heavy (non-hydrogen) atoms. The Kier molecular flexibility index (Phi) is 5.66. The van der Waals surface area contributed by atoms with Crippen LogP contribution in [-0.4, -0.2) is 42.1 Å². The molecule has 7 nitrogen and oxygen atoms in total. The number of anilines is 1. The Morgan fingerprint density at radius 2 is 1.66 bits per heavy atom. The van der Waals surface area contributed by atoms with Crippen molar-refractivity contribution in [3.8, 4) is 28.4 Å². The molecule has 0 unspecified atom stereocenters. The molecule has 10 heteroatoms. The van der Waals surface area contributed by atoms with E-state index in [1.807, 2.05) is 4.90 Å². The van der Waals surface area contributed by atoms with Gasteiger partial charge in [-0.05, 0) is 49.2 Å². The fourth-order valence-electron chi connectivity index (χ4n) is 4.48. The molecule has 1 N–H and O–H groups in total. The number of aromatic nitrogens is 3. The van der Waals surface area contributed by atoms with E-state index in [9.17, 15) is 18.0 Å². The van der Waals surface area contributed by atoms with E-state index in [2.05, 4.69) is 10.1 Å². The zero-order valence-corrected chi connectivity index (χ0v) is 19.1. The standard InChI is InChI=1S/C25H23F3N4O3/c1-34-17-11-15(12-18(14-17)35-2)22-19-7-8-29-23(19)24(33)32(30-22)21-13-16(31-9-3-4-10-31)5-6-20(21)25(26,27)28/h5-8,11-14,29H,3-4,9-10H2,1-2H3. The number of alkyl halides is 3. The Morgan fingerprint density at radius 3 is 2.29 bits per heavy atom. The van der Waals surface area contributed by atoms with Crippen molar-refractivity contribution in [2.75, 3.05) is 32.2 Å². The van der Waals surface area contributed by atoms with Crippen LogP contribution in [0.25, 0.3) is 27.8 Å². The number of hydrogen-bond donors (Lipinski definition) is 1. The van der Waals surface area contributed by atoms with Gasteiger partial charge < -0.3 is 19.4 Å². The molecule has 0 saturated carbocycles. The SMILES string of the molecule is COc1cc(OC)cc(-c2nn(-c3cc(N4CCCC4)ccc3C(F)(F)F)c(=O)c3[nH]ccc23)c1. The maximum atomic E-state index is 14.1. The smallest absolute Gasteiger partial charge is 0.418 e. The Morgan fingerprint density at radius 1 is 0.971 bits per heavy atom. The van der Waals surface area contributed by atoms with Gasteiger partial charge in [0.2, 0.25) is 0 Å². The van der Waals surface area contributed by atoms with Crippen LogP contribution < -0.4 is 19.9 Å². The highest BCUT2D eigenvalue weighted by Gasteiger charge is 2.35. The lowest BCUT2D eigenvalue weighted by Gasteiger charge is -2.21. The minimum atomic E-state index is -4.68. The number of nitrogens with one attached hydrogen (secondary N) is 1. The first-order valence-corrected chi connectivity index (χ1v) is 11.1. The van der Waals surface area contributed by atoms with E-state index in [4.69, 9.17) is 9.47 Å². The third kappa shape index (κ3) is 4.09. The van der Waals surface area contributed by atoms with Gasteiger partial charge in [-0.2, -0.15) is 23.0 Å². The van der Waals surface area contributed by atoms with Gasteiger partial charge in [0.15, 0.2) is 0 Å². The Labute approximate surface area is 198 Å². The molecule has 0 radical (unpaired) electrons. The van der Waals surface area contributed by atoms with E-state index in [0.29, 0.717) is 33.8 Å². The van der Waals surface area contributed by atoms with Crippen LogP contribution in [0.3, 0.4) is 0 Å². The number of hydrogen-bond acceptors (Lipinski definition) is 5. The van der Waals surface area contributed by atoms with Gasteiger partial charge in [0.1, 0.15) is 22.7 Å². The molecule has 182 valence electrons. The number of H-pyrrole nitrogens is 1. The highest BCUT2D eigenvalue weighted by atomic mass is 19.4. The second-order valence-electron chi connectivity index (χ2n) is 8.33. The molecule has 0 aliphatic carbocycles. The van der Waals surface area contributed by atoms with Crippen LogP contribution in [0, 0.1) is 0 Å². The van der Waals surface area contributed by atoms with Crippen molar-refractivity contribution >= 4 is 16.6 Å². The summed E-state index contributed by atoms with van der Waals surface area (Å²) in [7, 11) is 3.00. The van der Waals surface area contributed by atoms with Crippen LogP contribution in [0.5, 0.6) is 11.5 Å². The molecule has 0 atom stereocenters. The van der Waals surface area contributed by atoms with Crippen molar-refractivity contribution in [3.05, 3.63) is 64.6 Å². The van der Waals surface area contributed by atoms with Gasteiger partial charge >= 0.3 is 6.18 Å². The molecule has 2 aromatic carbocycles. The summed E-state index contributed by atoms with van der Waals surface area (Å²) in [4.78, 5) is 18.2. The average Bonchev–Trinajstić information content (AvgIpc) is 3.56. The van der Waals surface area contributed by atoms with E-state index in [0.717, 1.165) is 36.7 Å². The van der Waals surface area contributed by atoms with Gasteiger partial charge in [-0.3, -0.25) is 4.79 Å². The minimum absolute atomic E-state index is 0.150. The van der Waals surface area contributed by atoms with Crippen LogP contribution in [0.15, 0.2) is 53.5 Å². The molecule has 1 saturated heterocycles. The van der Waals surface area contributed by atoms with Crippen molar-refractivity contribution in [1.29, 1.82) is 0 Å². The van der Waals surface area contributed by atoms with E-state index >= 15 is 0 Å². The molecular formula is C25H23F3N4O3. The summed E-state index contributed by atoms with van der Waals surface area (Å²) in [6.07, 6.45) is -1.19. The number of benzene rings is 2. The topological polar surface area (TPSA) is 72.4 Å². The maximum Gasteiger partial charge on any atom is 0.418 e. The molecule has 0 bridgehead atoms. The van der Waals surface area contributed by atoms with E-state index < -0.39 is 17.3 Å². The van der Waals surface area contributed by atoms with Crippen LogP contribution in [0.1, 0.15) is 18.4 Å². The number of rotatable bonds is 5. The fraction of sp³-hybridized carbons (Fsp3) is 0.280. The number of ether oxygens (including phenoxy) is 2. The van der Waals surface area contributed by atoms with Gasteiger partial charge in [0.25, 0.3) is 5.56 Å². The van der Waals surface area contributed by atoms with Crippen molar-refractivity contribution < 1.29 is 22.6 Å². The van der Waals surface area contributed by atoms with Crippen molar-refractivity contribution in [2.45, 2.75) is 19.0 Å². The normalized spacial score (nSPS) is 14.0. The lowest BCUT2D eigenvalue weighted by atomic mass is 10.1. The van der Waals surface area contributed by atoms with Crippen molar-refractivity contribution in [1.82, 2.24) is 14.8 Å². The van der Waals surface area contributed by atoms with E-state index in [1.54, 1.807) is 30.5 Å². The first kappa shape index (κ1) is 22.8. The molecular weight excluding hydrogens is 461 g/mol. The minimum Gasteiger partial charge on any atom is -0.497 e. The first-order valence-electron chi connectivity index (χ1n) is 11.1. The second-order valence-corrected chi connectivity index (χ2v) is 8.33. The molecule has 1 aliphatic heterocycles. The maximum absolute atomic E-state index is 14.1. The monoisotopic (exact) mass is 484 g/mol. The summed E-state index contributed by atoms with van der Waals surface area (Å²) in [5.74, 6) is 0.962. The molecule has 0 spiro atoms. The molecule has 1 fully saturated rings. The van der Waals surface area contributed by atoms with E-state index in [1.165, 1.54) is 26.4 Å². The predicted molar refractivity (Wildman–Crippen MR) is 127 cm³/mol. The van der Waals surface area contributed by atoms with Crippen LogP contribution >= 0.6 is 0 Å². The summed E-state index contributed by atoms with van der Waals surface area (Å²) in [6, 6.07) is 10.6. The highest BCUT2D eigenvalue weighted by Crippen LogP contribution is 2.37. The third-order valence-electron chi connectivity index (χ3n) is 6.22. The first-order chi connectivity index (χ1) is 16.8. The van der Waals surface area contributed by atoms with Gasteiger partial charge in [-0.25, -0.2) is 0 Å². The number of aromatic amines is 1. The molecule has 4 aromatic rings. The Bertz CT molecular complexity index is 1430. The lowest BCUT2D eigenvalue weighted by molar-refractivity contribution is -0.137. The van der Waals surface area contributed by atoms with Crippen LogP contribution in [0.4, 0.5) is 18.9 Å². The van der Waals surface area contributed by atoms with Crippen LogP contribution in [0.2, 0.25) is 0 Å². The molecule has 1 aliphatic rings. The lowest BCUT2D eigenvalue weighted by Crippen LogP contribution is -2.26. The van der Waals surface area contributed by atoms with Gasteiger partial charge in [0.05, 0.1) is 25.5 Å². The van der Waals surface area contributed by atoms with E-state index in [-0.39, 0.29) is 11.2 Å². The number of methoxy groups -OCH3 is 2. The van der Waals surface area contributed by atoms with Gasteiger partial charge in [-0.1, -0.05) is 0 Å². The van der Waals surface area contributed by atoms with Crippen molar-refractivity contribution in [2.24, 2.45) is 0 Å². The third-order valence-corrected chi connectivity index (χ3v) is 6.22. The highest BCUT2D eigenvalue weighted by molar-refractivity contribution is 5.92. The molecule has 5 rings (SSSR count). The summed E-state index contributed by atoms with van der Waals surface area (Å²) >= 11 is 0. The summed E-state index contributed by atoms with van der Waals surface area (Å²) in [5.41, 5.74) is -0.309. The fourth-order valence-corrected chi connectivity index (χ4v) is 4.48. The zero-order valence-electron chi connectivity index (χ0n) is 19.1. The Balaban J connectivity index is 1.79. The molecule has 2 aromatic heterocycles. The zero-order chi connectivity index (χ0) is 24.7. The number of nitrogens with zero attached hydrogens (tertiary/aromatic N) is 3. The average molecular weight is 484 g/mol. The summed E-state index contributed by atoms with van der Waals surface area (Å²) in [6.45, 7) is 1.50. The largest absolute Gasteiger partial charge is 0.497 e. The molecule has 3 heterocycles. The quantitative estimate of drug-likeness (QED) is 0.431. The number of halogens is 3. The van der Waals surface area contributed by atoms with Crippen LogP contribution in [-0.2, 0) is 6.18 Å². The summed E-state index contributed by atoms with van der Waals surface area (Å²) in [5, 5.41) is 4.94. The Hall–Kier alpha value is -3.95. The van der Waals surface area contributed by atoms with Gasteiger partial charge in [0, 0.05) is 42.0 Å². The summed E-state index contributed by atoms with van der Waals surface area (Å²) < 4.78 is 53.7. The second kappa shape index (κ2) is 8.68. The molecule has 0 amide bonds. The van der Waals surface area contributed by atoms with Gasteiger partial charge in [-0.15, -0.1) is 0 Å². The predicted octanol–water partition coefficient (Wildman–Crippen LogP) is 5.02. The number of fused-ring (bicyclic) bond motifs is 1. The van der Waals surface area contributed by atoms with Crippen molar-refractivity contribution in [3.63, 3.8) is 0 Å².